The van der Waals surface area contributed by atoms with Gasteiger partial charge in [-0.1, -0.05) is 0 Å². The van der Waals surface area contributed by atoms with Crippen molar-refractivity contribution in [3.8, 4) is 0 Å². The third-order valence-electron chi connectivity index (χ3n) is 0.241. The van der Waals surface area contributed by atoms with E-state index in [0.717, 1.165) is 0 Å². The highest BCUT2D eigenvalue weighted by Gasteiger charge is 2.11. The number of hydrogen-bond donors (Lipinski definition) is 3. The maximum absolute atomic E-state index is 10.9. The maximum Gasteiger partial charge on any atom is 0.394 e. The van der Waals surface area contributed by atoms with Gasteiger partial charge in [0, 0.05) is 0 Å². The van der Waals surface area contributed by atoms with Crippen LogP contribution in [-0.2, 0) is 10.4 Å². The van der Waals surface area contributed by atoms with Gasteiger partial charge in [0.2, 0.25) is 6.30 Å². The SMILES string of the molecule is NC(F)C(F)F.O=S(=O)(O)O. The zero-order valence-electron chi connectivity index (χ0n) is 4.99. The van der Waals surface area contributed by atoms with Gasteiger partial charge in [-0.15, -0.1) is 0 Å². The van der Waals surface area contributed by atoms with Crippen LogP contribution in [0.1, 0.15) is 0 Å². The van der Waals surface area contributed by atoms with E-state index in [0.29, 0.717) is 0 Å². The largest absolute Gasteiger partial charge is 0.394 e. The summed E-state index contributed by atoms with van der Waals surface area (Å²) in [5, 5.41) is 0. The zero-order valence-corrected chi connectivity index (χ0v) is 5.80. The first-order chi connectivity index (χ1) is 4.64. The fraction of sp³-hybridized carbons (Fsp3) is 1.00. The molecule has 0 radical (unpaired) electrons. The fourth-order valence-electron chi connectivity index (χ4n) is 0. The van der Waals surface area contributed by atoms with Crippen molar-refractivity contribution < 1.29 is 30.7 Å². The minimum Gasteiger partial charge on any atom is -0.297 e. The summed E-state index contributed by atoms with van der Waals surface area (Å²) >= 11 is 0. The molecule has 0 aromatic carbocycles. The Morgan fingerprint density at radius 1 is 1.18 bits per heavy atom. The van der Waals surface area contributed by atoms with Gasteiger partial charge in [-0.05, 0) is 0 Å². The number of rotatable bonds is 1. The second-order valence-corrected chi connectivity index (χ2v) is 2.12. The Morgan fingerprint density at radius 2 is 1.27 bits per heavy atom. The van der Waals surface area contributed by atoms with Gasteiger partial charge in [0.15, 0.2) is 0 Å². The first-order valence-electron chi connectivity index (χ1n) is 2.02. The molecule has 0 rings (SSSR count). The second-order valence-electron chi connectivity index (χ2n) is 1.23. The molecule has 5 nitrogen and oxygen atoms in total. The lowest BCUT2D eigenvalue weighted by atomic mass is 10.7. The molecule has 9 heteroatoms. The number of alkyl halides is 3. The number of nitrogens with two attached hydrogens (primary N) is 1. The van der Waals surface area contributed by atoms with Crippen molar-refractivity contribution in [3.63, 3.8) is 0 Å². The minimum absolute atomic E-state index is 2.48. The monoisotopic (exact) mass is 197 g/mol. The van der Waals surface area contributed by atoms with Crippen molar-refractivity contribution in [2.45, 2.75) is 12.7 Å². The van der Waals surface area contributed by atoms with Crippen molar-refractivity contribution in [2.75, 3.05) is 0 Å². The zero-order chi connectivity index (χ0) is 9.65. The van der Waals surface area contributed by atoms with Crippen LogP contribution in [0.4, 0.5) is 13.2 Å². The van der Waals surface area contributed by atoms with E-state index in [1.165, 1.54) is 0 Å². The molecule has 0 aliphatic rings. The first-order valence-corrected chi connectivity index (χ1v) is 3.42. The molecule has 1 atom stereocenters. The summed E-state index contributed by atoms with van der Waals surface area (Å²) in [5.41, 5.74) is 4.02. The van der Waals surface area contributed by atoms with Crippen LogP contribution in [0.2, 0.25) is 0 Å². The van der Waals surface area contributed by atoms with E-state index in [1.54, 1.807) is 0 Å². The van der Waals surface area contributed by atoms with E-state index >= 15 is 0 Å². The second kappa shape index (κ2) is 5.29. The molecule has 0 aliphatic carbocycles. The molecule has 70 valence electrons. The van der Waals surface area contributed by atoms with Gasteiger partial charge in [-0.2, -0.15) is 8.42 Å². The maximum atomic E-state index is 10.9. The van der Waals surface area contributed by atoms with E-state index in [1.807, 2.05) is 0 Å². The molecule has 0 aromatic heterocycles. The molecule has 0 amide bonds. The highest BCUT2D eigenvalue weighted by Crippen LogP contribution is 1.96. The van der Waals surface area contributed by atoms with Crippen molar-refractivity contribution >= 4 is 10.4 Å². The van der Waals surface area contributed by atoms with E-state index in [9.17, 15) is 13.2 Å². The lowest BCUT2D eigenvalue weighted by molar-refractivity contribution is 0.0537. The predicted octanol–water partition coefficient (Wildman–Crippen LogP) is -0.147. The Kier molecular flexibility index (Phi) is 6.37. The summed E-state index contributed by atoms with van der Waals surface area (Å²) in [6, 6.07) is 0. The summed E-state index contributed by atoms with van der Waals surface area (Å²) in [4.78, 5) is 0. The number of halogens is 3. The molecule has 11 heavy (non-hydrogen) atoms. The van der Waals surface area contributed by atoms with Gasteiger partial charge in [0.1, 0.15) is 0 Å². The highest BCUT2D eigenvalue weighted by molar-refractivity contribution is 7.79. The lowest BCUT2D eigenvalue weighted by Gasteiger charge is -1.93. The topological polar surface area (TPSA) is 101 Å². The van der Waals surface area contributed by atoms with Gasteiger partial charge in [-0.25, -0.2) is 13.2 Å². The smallest absolute Gasteiger partial charge is 0.297 e. The van der Waals surface area contributed by atoms with Crippen molar-refractivity contribution in [3.05, 3.63) is 0 Å². The molecular weight excluding hydrogens is 191 g/mol. The Bertz CT molecular complexity index is 164. The van der Waals surface area contributed by atoms with Gasteiger partial charge in [-0.3, -0.25) is 14.8 Å². The Hall–Kier alpha value is -0.380. The molecule has 4 N–H and O–H groups in total. The Balaban J connectivity index is 0. The van der Waals surface area contributed by atoms with E-state index in [-0.39, 0.29) is 0 Å². The van der Waals surface area contributed by atoms with Crippen LogP contribution in [-0.4, -0.2) is 30.2 Å². The summed E-state index contributed by atoms with van der Waals surface area (Å²) in [6.45, 7) is 0. The Morgan fingerprint density at radius 3 is 1.27 bits per heavy atom. The summed E-state index contributed by atoms with van der Waals surface area (Å²) in [6.07, 6.45) is -5.52. The molecule has 0 fully saturated rings. The first kappa shape index (κ1) is 13.2. The van der Waals surface area contributed by atoms with Crippen molar-refractivity contribution in [2.24, 2.45) is 5.73 Å². The quantitative estimate of drug-likeness (QED) is 0.401. The third-order valence-corrected chi connectivity index (χ3v) is 0.241. The van der Waals surface area contributed by atoms with Crippen LogP contribution in [0.25, 0.3) is 0 Å². The van der Waals surface area contributed by atoms with Gasteiger partial charge >= 0.3 is 10.4 Å². The van der Waals surface area contributed by atoms with Gasteiger partial charge in [0.05, 0.1) is 0 Å². The van der Waals surface area contributed by atoms with Gasteiger partial charge < -0.3 is 0 Å². The fourth-order valence-corrected chi connectivity index (χ4v) is 0. The van der Waals surface area contributed by atoms with Crippen LogP contribution in [0.15, 0.2) is 0 Å². The molecule has 0 aromatic rings. The molecule has 0 heterocycles. The molecule has 0 aliphatic heterocycles. The molecule has 0 saturated heterocycles. The van der Waals surface area contributed by atoms with Crippen LogP contribution in [0.3, 0.4) is 0 Å². The normalized spacial score (nSPS) is 13.7. The van der Waals surface area contributed by atoms with E-state index < -0.39 is 23.1 Å². The molecule has 0 bridgehead atoms. The minimum atomic E-state index is -4.67. The van der Waals surface area contributed by atoms with Crippen LogP contribution in [0.5, 0.6) is 0 Å². The molecule has 1 unspecified atom stereocenters. The predicted molar refractivity (Wildman–Crippen MR) is 29.3 cm³/mol. The van der Waals surface area contributed by atoms with E-state index in [4.69, 9.17) is 17.5 Å². The van der Waals surface area contributed by atoms with Crippen LogP contribution < -0.4 is 5.73 Å². The average molecular weight is 197 g/mol. The highest BCUT2D eigenvalue weighted by atomic mass is 32.3. The molecule has 0 saturated carbocycles. The lowest BCUT2D eigenvalue weighted by Crippen LogP contribution is -2.22. The third kappa shape index (κ3) is 42.6. The van der Waals surface area contributed by atoms with Crippen molar-refractivity contribution in [1.29, 1.82) is 0 Å². The molecular formula is C2H6F3NO4S. The van der Waals surface area contributed by atoms with Gasteiger partial charge in [0.25, 0.3) is 6.43 Å². The summed E-state index contributed by atoms with van der Waals surface area (Å²) < 4.78 is 63.8. The van der Waals surface area contributed by atoms with E-state index in [2.05, 4.69) is 5.73 Å². The molecule has 0 spiro atoms. The standard InChI is InChI=1S/C2H4F3N.H2O4S/c3-1(4)2(5)6;1-5(2,3)4/h1-2H,6H2;(H2,1,2,3,4). The average Bonchev–Trinajstić information content (AvgIpc) is 1.59. The van der Waals surface area contributed by atoms with Crippen LogP contribution in [0, 0.1) is 0 Å². The van der Waals surface area contributed by atoms with Crippen molar-refractivity contribution in [1.82, 2.24) is 0 Å². The Labute approximate surface area is 60.6 Å². The van der Waals surface area contributed by atoms with Crippen LogP contribution >= 0.6 is 0 Å². The summed E-state index contributed by atoms with van der Waals surface area (Å²) in [7, 11) is -4.67. The number of hydrogen-bond acceptors (Lipinski definition) is 3. The summed E-state index contributed by atoms with van der Waals surface area (Å²) in [5.74, 6) is 0.